The van der Waals surface area contributed by atoms with Gasteiger partial charge in [-0.05, 0) is 30.0 Å². The third kappa shape index (κ3) is 6.99. The first kappa shape index (κ1) is 22.6. The second kappa shape index (κ2) is 9.67. The zero-order chi connectivity index (χ0) is 21.6. The second-order valence-corrected chi connectivity index (χ2v) is 7.14. The van der Waals surface area contributed by atoms with E-state index >= 15 is 0 Å². The predicted octanol–water partition coefficient (Wildman–Crippen LogP) is 3.69. The molecule has 0 unspecified atom stereocenters. The number of nitrogens with zero attached hydrogens (tertiary/aromatic N) is 4. The van der Waals surface area contributed by atoms with Crippen LogP contribution < -0.4 is 10.1 Å². The standard InChI is InChI=1S/C20H28F3N5O/c1-14(2)18-16(13-28(5)26-18)12-27(4)19(24-3)25-11-10-15-6-8-17(9-7-15)29-20(21,22)23/h6-9,13-14H,10-12H2,1-5H3,(H,24,25). The number of halogens is 3. The van der Waals surface area contributed by atoms with Crippen LogP contribution in [0.5, 0.6) is 5.75 Å². The van der Waals surface area contributed by atoms with Crippen LogP contribution in [0, 0.1) is 0 Å². The molecule has 0 aliphatic rings. The van der Waals surface area contributed by atoms with Crippen molar-refractivity contribution in [2.75, 3.05) is 20.6 Å². The fourth-order valence-electron chi connectivity index (χ4n) is 3.05. The van der Waals surface area contributed by atoms with Crippen molar-refractivity contribution in [2.24, 2.45) is 12.0 Å². The van der Waals surface area contributed by atoms with Crippen molar-refractivity contribution in [1.82, 2.24) is 20.0 Å². The summed E-state index contributed by atoms with van der Waals surface area (Å²) in [6, 6.07) is 5.89. The molecule has 0 radical (unpaired) electrons. The van der Waals surface area contributed by atoms with E-state index in [1.165, 1.54) is 12.1 Å². The number of rotatable bonds is 7. The average Bonchev–Trinajstić information content (AvgIpc) is 2.99. The SMILES string of the molecule is CN=C(NCCc1ccc(OC(F)(F)F)cc1)N(C)Cc1cn(C)nc1C(C)C. The summed E-state index contributed by atoms with van der Waals surface area (Å²) in [5, 5.41) is 7.81. The molecule has 6 nitrogen and oxygen atoms in total. The van der Waals surface area contributed by atoms with Gasteiger partial charge in [-0.3, -0.25) is 9.67 Å². The molecule has 1 aromatic carbocycles. The summed E-state index contributed by atoms with van der Waals surface area (Å²) in [6.45, 7) is 5.50. The summed E-state index contributed by atoms with van der Waals surface area (Å²) in [6.07, 6.45) is -2.02. The van der Waals surface area contributed by atoms with E-state index in [1.54, 1.807) is 19.2 Å². The number of guanidine groups is 1. The number of nitrogens with one attached hydrogen (secondary N) is 1. The minimum absolute atomic E-state index is 0.220. The first-order chi connectivity index (χ1) is 13.6. The zero-order valence-electron chi connectivity index (χ0n) is 17.4. The molecule has 29 heavy (non-hydrogen) atoms. The lowest BCUT2D eigenvalue weighted by Crippen LogP contribution is -2.39. The molecule has 0 spiro atoms. The topological polar surface area (TPSA) is 54.7 Å². The summed E-state index contributed by atoms with van der Waals surface area (Å²) in [5.74, 6) is 0.849. The third-order valence-corrected chi connectivity index (χ3v) is 4.32. The van der Waals surface area contributed by atoms with Crippen LogP contribution in [-0.4, -0.2) is 47.6 Å². The van der Waals surface area contributed by atoms with Crippen LogP contribution in [0.25, 0.3) is 0 Å². The molecular weight excluding hydrogens is 383 g/mol. The van der Waals surface area contributed by atoms with Gasteiger partial charge in [0.1, 0.15) is 5.75 Å². The summed E-state index contributed by atoms with van der Waals surface area (Å²) in [4.78, 5) is 6.33. The molecule has 0 saturated heterocycles. The van der Waals surface area contributed by atoms with Crippen LogP contribution >= 0.6 is 0 Å². The first-order valence-electron chi connectivity index (χ1n) is 9.38. The van der Waals surface area contributed by atoms with Gasteiger partial charge in [-0.2, -0.15) is 5.10 Å². The Labute approximate surface area is 169 Å². The molecule has 0 fully saturated rings. The van der Waals surface area contributed by atoms with Gasteiger partial charge in [0.25, 0.3) is 0 Å². The van der Waals surface area contributed by atoms with Gasteiger partial charge in [0.05, 0.1) is 5.69 Å². The molecule has 0 aliphatic heterocycles. The second-order valence-electron chi connectivity index (χ2n) is 7.14. The molecule has 2 aromatic rings. The monoisotopic (exact) mass is 411 g/mol. The lowest BCUT2D eigenvalue weighted by atomic mass is 10.1. The number of aryl methyl sites for hydroxylation is 1. The van der Waals surface area contributed by atoms with E-state index in [-0.39, 0.29) is 5.75 Å². The van der Waals surface area contributed by atoms with Gasteiger partial charge in [-0.25, -0.2) is 0 Å². The lowest BCUT2D eigenvalue weighted by molar-refractivity contribution is -0.274. The molecular formula is C20H28F3N5O. The van der Waals surface area contributed by atoms with Crippen molar-refractivity contribution in [3.63, 3.8) is 0 Å². The first-order valence-corrected chi connectivity index (χ1v) is 9.38. The molecule has 0 saturated carbocycles. The van der Waals surface area contributed by atoms with Crippen LogP contribution in [0.15, 0.2) is 35.5 Å². The van der Waals surface area contributed by atoms with E-state index in [4.69, 9.17) is 0 Å². The lowest BCUT2D eigenvalue weighted by Gasteiger charge is -2.22. The van der Waals surface area contributed by atoms with E-state index in [0.29, 0.717) is 25.4 Å². The molecule has 0 atom stereocenters. The molecule has 9 heteroatoms. The maximum Gasteiger partial charge on any atom is 0.573 e. The van der Waals surface area contributed by atoms with Crippen LogP contribution in [0.2, 0.25) is 0 Å². The minimum atomic E-state index is -4.68. The van der Waals surface area contributed by atoms with Gasteiger partial charge in [-0.15, -0.1) is 13.2 Å². The van der Waals surface area contributed by atoms with Gasteiger partial charge >= 0.3 is 6.36 Å². The molecule has 0 aliphatic carbocycles. The van der Waals surface area contributed by atoms with Crippen molar-refractivity contribution in [3.8, 4) is 5.75 Å². The molecule has 0 amide bonds. The highest BCUT2D eigenvalue weighted by atomic mass is 19.4. The summed E-state index contributed by atoms with van der Waals surface area (Å²) in [7, 11) is 5.58. The van der Waals surface area contributed by atoms with Gasteiger partial charge in [-0.1, -0.05) is 26.0 Å². The molecule has 1 heterocycles. The zero-order valence-corrected chi connectivity index (χ0v) is 17.4. The Morgan fingerprint density at radius 3 is 2.48 bits per heavy atom. The van der Waals surface area contributed by atoms with Crippen LogP contribution in [0.4, 0.5) is 13.2 Å². The van der Waals surface area contributed by atoms with Crippen molar-refractivity contribution >= 4 is 5.96 Å². The van der Waals surface area contributed by atoms with Crippen LogP contribution in [0.1, 0.15) is 36.6 Å². The molecule has 1 aromatic heterocycles. The number of benzene rings is 1. The highest BCUT2D eigenvalue weighted by Crippen LogP contribution is 2.23. The number of ether oxygens (including phenoxy) is 1. The Balaban J connectivity index is 1.89. The van der Waals surface area contributed by atoms with Crippen LogP contribution in [0.3, 0.4) is 0 Å². The Kier molecular flexibility index (Phi) is 7.53. The van der Waals surface area contributed by atoms with Crippen molar-refractivity contribution in [2.45, 2.75) is 39.1 Å². The maximum absolute atomic E-state index is 12.2. The van der Waals surface area contributed by atoms with E-state index < -0.39 is 6.36 Å². The molecule has 1 N–H and O–H groups in total. The quantitative estimate of drug-likeness (QED) is 0.558. The number of aromatic nitrogens is 2. The number of aliphatic imine (C=N–C) groups is 1. The summed E-state index contributed by atoms with van der Waals surface area (Å²) < 4.78 is 42.4. The van der Waals surface area contributed by atoms with Gasteiger partial charge in [0.15, 0.2) is 5.96 Å². The average molecular weight is 411 g/mol. The smallest absolute Gasteiger partial charge is 0.406 e. The van der Waals surface area contributed by atoms with E-state index in [2.05, 4.69) is 34.0 Å². The Hall–Kier alpha value is -2.71. The van der Waals surface area contributed by atoms with E-state index in [9.17, 15) is 13.2 Å². The molecule has 2 rings (SSSR count). The molecule has 0 bridgehead atoms. The van der Waals surface area contributed by atoms with E-state index in [1.807, 2.05) is 29.9 Å². The minimum Gasteiger partial charge on any atom is -0.406 e. The highest BCUT2D eigenvalue weighted by Gasteiger charge is 2.30. The van der Waals surface area contributed by atoms with E-state index in [0.717, 1.165) is 22.8 Å². The number of hydrogen-bond donors (Lipinski definition) is 1. The Bertz CT molecular complexity index is 813. The number of alkyl halides is 3. The maximum atomic E-state index is 12.2. The number of hydrogen-bond acceptors (Lipinski definition) is 3. The van der Waals surface area contributed by atoms with Crippen molar-refractivity contribution in [1.29, 1.82) is 0 Å². The fraction of sp³-hybridized carbons (Fsp3) is 0.500. The van der Waals surface area contributed by atoms with Gasteiger partial charge in [0.2, 0.25) is 0 Å². The Morgan fingerprint density at radius 1 is 1.28 bits per heavy atom. The van der Waals surface area contributed by atoms with Crippen molar-refractivity contribution < 1.29 is 17.9 Å². The highest BCUT2D eigenvalue weighted by molar-refractivity contribution is 5.79. The van der Waals surface area contributed by atoms with Crippen molar-refractivity contribution in [3.05, 3.63) is 47.3 Å². The third-order valence-electron chi connectivity index (χ3n) is 4.32. The van der Waals surface area contributed by atoms with Crippen LogP contribution in [-0.2, 0) is 20.0 Å². The normalized spacial score (nSPS) is 12.4. The predicted molar refractivity (Wildman–Crippen MR) is 107 cm³/mol. The van der Waals surface area contributed by atoms with Gasteiger partial charge < -0.3 is 15.0 Å². The largest absolute Gasteiger partial charge is 0.573 e. The summed E-state index contributed by atoms with van der Waals surface area (Å²) >= 11 is 0. The Morgan fingerprint density at radius 2 is 1.93 bits per heavy atom. The fourth-order valence-corrected chi connectivity index (χ4v) is 3.05. The summed E-state index contributed by atoms with van der Waals surface area (Å²) in [5.41, 5.74) is 3.11. The molecule has 160 valence electrons. The van der Waals surface area contributed by atoms with Gasteiger partial charge in [0, 0.05) is 46.0 Å².